The van der Waals surface area contributed by atoms with Crippen molar-refractivity contribution in [2.75, 3.05) is 73.6 Å². The number of imide groups is 1. The van der Waals surface area contributed by atoms with E-state index in [9.17, 15) is 24.4 Å². The number of hydrogen-bond acceptors (Lipinski definition) is 9. The standard InChI is InChI=1S/C44H50ClFN8O4/c1-29-26-44(28-54(29)35-7-4-31(27-47)37(45)24-35)14-18-50(19-15-44)32-5-2-30(3-6-32)43(58)53-16-12-33(13-17-53)51-20-22-52(23-21-51)34-8-9-36(38(46)25-34)41(56)48-39-10-11-40(55)49-42(39)57/h2-9,24-25,29,33,39H,10-23,26,28H2,1H3,(H,48,56)(H,49,55,57)/t29-,39+/m0/s1. The first-order valence-electron chi connectivity index (χ1n) is 20.5. The molecule has 0 aliphatic carbocycles. The summed E-state index contributed by atoms with van der Waals surface area (Å²) in [7, 11) is 0. The Morgan fingerprint density at radius 3 is 2.19 bits per heavy atom. The molecule has 5 saturated heterocycles. The molecule has 304 valence electrons. The maximum atomic E-state index is 15.1. The summed E-state index contributed by atoms with van der Waals surface area (Å²) in [5.41, 5.74) is 4.27. The summed E-state index contributed by atoms with van der Waals surface area (Å²) >= 11 is 6.37. The molecule has 0 saturated carbocycles. The van der Waals surface area contributed by atoms with Gasteiger partial charge in [-0.2, -0.15) is 5.26 Å². The quantitative estimate of drug-likeness (QED) is 0.310. The van der Waals surface area contributed by atoms with Gasteiger partial charge in [-0.25, -0.2) is 4.39 Å². The number of nitriles is 1. The highest BCUT2D eigenvalue weighted by Crippen LogP contribution is 2.46. The fourth-order valence-corrected chi connectivity index (χ4v) is 9.99. The normalized spacial score (nSPS) is 22.9. The van der Waals surface area contributed by atoms with E-state index in [0.29, 0.717) is 41.4 Å². The molecular weight excluding hydrogens is 759 g/mol. The summed E-state index contributed by atoms with van der Waals surface area (Å²) in [6.07, 6.45) is 5.45. The number of rotatable bonds is 7. The molecule has 58 heavy (non-hydrogen) atoms. The molecule has 0 unspecified atom stereocenters. The predicted octanol–water partition coefficient (Wildman–Crippen LogP) is 5.20. The maximum absolute atomic E-state index is 15.1. The molecule has 5 aliphatic rings. The number of hydrogen-bond donors (Lipinski definition) is 2. The molecule has 2 N–H and O–H groups in total. The van der Waals surface area contributed by atoms with E-state index in [4.69, 9.17) is 11.6 Å². The number of nitrogens with zero attached hydrogens (tertiary/aromatic N) is 6. The number of likely N-dealkylation sites (tertiary alicyclic amines) is 1. The minimum Gasteiger partial charge on any atom is -0.371 e. The van der Waals surface area contributed by atoms with Gasteiger partial charge in [0.2, 0.25) is 11.8 Å². The fourth-order valence-electron chi connectivity index (χ4n) is 9.77. The molecule has 0 radical (unpaired) electrons. The number of carbonyl (C=O) groups is 4. The van der Waals surface area contributed by atoms with E-state index in [1.165, 1.54) is 12.1 Å². The first-order valence-corrected chi connectivity index (χ1v) is 20.9. The average Bonchev–Trinajstić information content (AvgIpc) is 3.56. The van der Waals surface area contributed by atoms with Gasteiger partial charge >= 0.3 is 0 Å². The second-order valence-electron chi connectivity index (χ2n) is 16.7. The Morgan fingerprint density at radius 1 is 0.862 bits per heavy atom. The molecule has 4 amide bonds. The number of piperidine rings is 3. The van der Waals surface area contributed by atoms with Crippen LogP contribution >= 0.6 is 11.6 Å². The molecule has 5 heterocycles. The molecule has 1 spiro atoms. The van der Waals surface area contributed by atoms with Crippen molar-refractivity contribution in [3.8, 4) is 6.07 Å². The molecule has 8 rings (SSSR count). The summed E-state index contributed by atoms with van der Waals surface area (Å²) in [5.74, 6) is -2.22. The molecule has 5 aliphatic heterocycles. The van der Waals surface area contributed by atoms with E-state index >= 15 is 4.39 Å². The Bertz CT molecular complexity index is 2100. The van der Waals surface area contributed by atoms with Crippen molar-refractivity contribution in [1.29, 1.82) is 5.26 Å². The van der Waals surface area contributed by atoms with Crippen LogP contribution < -0.4 is 25.3 Å². The van der Waals surface area contributed by atoms with Crippen LogP contribution in [0.1, 0.15) is 78.1 Å². The van der Waals surface area contributed by atoms with Crippen molar-refractivity contribution in [3.63, 3.8) is 0 Å². The van der Waals surface area contributed by atoms with E-state index in [-0.39, 0.29) is 35.6 Å². The Hall–Kier alpha value is -5.19. The van der Waals surface area contributed by atoms with E-state index in [1.54, 1.807) is 6.07 Å². The molecule has 2 atom stereocenters. The molecule has 0 bridgehead atoms. The molecular formula is C44H50ClFN8O4. The highest BCUT2D eigenvalue weighted by atomic mass is 35.5. The number of carbonyl (C=O) groups excluding carboxylic acids is 4. The third-order valence-electron chi connectivity index (χ3n) is 13.2. The van der Waals surface area contributed by atoms with Crippen molar-refractivity contribution in [2.24, 2.45) is 5.41 Å². The fraction of sp³-hybridized carbons (Fsp3) is 0.477. The third kappa shape index (κ3) is 8.22. The van der Waals surface area contributed by atoms with Crippen LogP contribution in [0.25, 0.3) is 0 Å². The van der Waals surface area contributed by atoms with Gasteiger partial charge in [-0.05, 0) is 112 Å². The number of amides is 4. The minimum atomic E-state index is -0.868. The van der Waals surface area contributed by atoms with Gasteiger partial charge in [0, 0.05) is 100 Å². The van der Waals surface area contributed by atoms with Crippen LogP contribution in [0.3, 0.4) is 0 Å². The lowest BCUT2D eigenvalue weighted by molar-refractivity contribution is -0.134. The molecule has 12 nitrogen and oxygen atoms in total. The van der Waals surface area contributed by atoms with Gasteiger partial charge < -0.3 is 24.9 Å². The van der Waals surface area contributed by atoms with Crippen LogP contribution in [0.5, 0.6) is 0 Å². The van der Waals surface area contributed by atoms with Gasteiger partial charge in [-0.1, -0.05) is 11.6 Å². The average molecular weight is 809 g/mol. The van der Waals surface area contributed by atoms with Gasteiger partial charge in [0.15, 0.2) is 0 Å². The Kier molecular flexibility index (Phi) is 11.3. The number of benzene rings is 3. The number of halogens is 2. The summed E-state index contributed by atoms with van der Waals surface area (Å²) < 4.78 is 15.1. The molecule has 0 aromatic heterocycles. The lowest BCUT2D eigenvalue weighted by Gasteiger charge is -2.43. The minimum absolute atomic E-state index is 0.0756. The van der Waals surface area contributed by atoms with Crippen LogP contribution in [-0.4, -0.2) is 110 Å². The summed E-state index contributed by atoms with van der Waals surface area (Å²) in [5, 5.41) is 14.5. The lowest BCUT2D eigenvalue weighted by atomic mass is 9.76. The van der Waals surface area contributed by atoms with Crippen molar-refractivity contribution >= 4 is 52.3 Å². The molecule has 5 fully saturated rings. The Labute approximate surface area is 343 Å². The van der Waals surface area contributed by atoms with Gasteiger partial charge in [0.25, 0.3) is 11.8 Å². The van der Waals surface area contributed by atoms with Crippen LogP contribution in [0.4, 0.5) is 21.5 Å². The molecule has 14 heteroatoms. The smallest absolute Gasteiger partial charge is 0.254 e. The predicted molar refractivity (Wildman–Crippen MR) is 221 cm³/mol. The highest BCUT2D eigenvalue weighted by Gasteiger charge is 2.44. The largest absolute Gasteiger partial charge is 0.371 e. The van der Waals surface area contributed by atoms with Crippen LogP contribution in [0.15, 0.2) is 60.7 Å². The van der Waals surface area contributed by atoms with E-state index in [0.717, 1.165) is 94.9 Å². The first-order chi connectivity index (χ1) is 28.0. The monoisotopic (exact) mass is 808 g/mol. The third-order valence-corrected chi connectivity index (χ3v) is 13.5. The highest BCUT2D eigenvalue weighted by molar-refractivity contribution is 6.32. The number of nitrogens with one attached hydrogen (secondary N) is 2. The van der Waals surface area contributed by atoms with Crippen molar-refractivity contribution < 1.29 is 23.6 Å². The number of piperazine rings is 1. The SMILES string of the molecule is C[C@H]1CC2(CCN(c3ccc(C(=O)N4CCC(N5CCN(c6ccc(C(=O)N[C@@H]7CCC(=O)NC7=O)c(F)c6)CC5)CC4)cc3)CC2)CN1c1ccc(C#N)c(Cl)c1. The van der Waals surface area contributed by atoms with Gasteiger partial charge in [0.1, 0.15) is 17.9 Å². The van der Waals surface area contributed by atoms with Crippen LogP contribution in [0, 0.1) is 22.6 Å². The topological polar surface area (TPSA) is 132 Å². The van der Waals surface area contributed by atoms with E-state index in [1.807, 2.05) is 35.2 Å². The zero-order chi connectivity index (χ0) is 40.6. The summed E-state index contributed by atoms with van der Waals surface area (Å²) in [6, 6.07) is 20.5. The second-order valence-corrected chi connectivity index (χ2v) is 17.1. The van der Waals surface area contributed by atoms with Crippen LogP contribution in [0.2, 0.25) is 5.02 Å². The van der Waals surface area contributed by atoms with Crippen LogP contribution in [-0.2, 0) is 9.59 Å². The lowest BCUT2D eigenvalue weighted by Crippen LogP contribution is -2.53. The Morgan fingerprint density at radius 2 is 1.53 bits per heavy atom. The van der Waals surface area contributed by atoms with Crippen molar-refractivity contribution in [1.82, 2.24) is 20.4 Å². The summed E-state index contributed by atoms with van der Waals surface area (Å²) in [4.78, 5) is 61.2. The van der Waals surface area contributed by atoms with Crippen molar-refractivity contribution in [2.45, 2.75) is 70.0 Å². The first kappa shape index (κ1) is 39.6. The molecule has 3 aromatic carbocycles. The van der Waals surface area contributed by atoms with E-state index in [2.05, 4.69) is 55.4 Å². The second kappa shape index (κ2) is 16.6. The zero-order valence-corrected chi connectivity index (χ0v) is 33.6. The van der Waals surface area contributed by atoms with E-state index < -0.39 is 23.7 Å². The Balaban J connectivity index is 0.775. The van der Waals surface area contributed by atoms with Gasteiger partial charge in [0.05, 0.1) is 16.1 Å². The van der Waals surface area contributed by atoms with Gasteiger partial charge in [-0.3, -0.25) is 29.4 Å². The summed E-state index contributed by atoms with van der Waals surface area (Å²) in [6.45, 7) is 9.70. The zero-order valence-electron chi connectivity index (χ0n) is 32.9. The van der Waals surface area contributed by atoms with Gasteiger partial charge in [-0.15, -0.1) is 0 Å². The molecule has 3 aromatic rings. The maximum Gasteiger partial charge on any atom is 0.254 e. The van der Waals surface area contributed by atoms with Crippen molar-refractivity contribution in [3.05, 3.63) is 88.2 Å². The number of anilines is 3.